The third-order valence-electron chi connectivity index (χ3n) is 3.94. The number of nitrogens with one attached hydrogen (secondary N) is 1. The lowest BCUT2D eigenvalue weighted by Crippen LogP contribution is -2.30. The van der Waals surface area contributed by atoms with E-state index in [-0.39, 0.29) is 18.4 Å². The zero-order valence-corrected chi connectivity index (χ0v) is 15.3. The minimum atomic E-state index is -0.203. The summed E-state index contributed by atoms with van der Waals surface area (Å²) in [4.78, 5) is 11.4. The van der Waals surface area contributed by atoms with E-state index in [9.17, 15) is 4.79 Å². The minimum Gasteiger partial charge on any atom is -0.469 e. The van der Waals surface area contributed by atoms with Crippen LogP contribution in [-0.2, 0) is 22.4 Å². The van der Waals surface area contributed by atoms with Crippen LogP contribution in [0.1, 0.15) is 36.6 Å². The van der Waals surface area contributed by atoms with Crippen molar-refractivity contribution >= 4 is 18.4 Å². The molecule has 0 spiro atoms. The van der Waals surface area contributed by atoms with Crippen LogP contribution in [0.3, 0.4) is 0 Å². The molecular weight excluding hydrogens is 322 g/mol. The van der Waals surface area contributed by atoms with Crippen molar-refractivity contribution < 1.29 is 9.53 Å². The second-order valence-corrected chi connectivity index (χ2v) is 5.98. The number of carbonyl (C=O) groups excluding carboxylic acids is 1. The summed E-state index contributed by atoms with van der Waals surface area (Å²) in [6.45, 7) is 4.37. The normalized spacial score (nSPS) is 12.8. The minimum absolute atomic E-state index is 0. The molecule has 0 amide bonds. The fourth-order valence-corrected chi connectivity index (χ4v) is 2.78. The van der Waals surface area contributed by atoms with Crippen molar-refractivity contribution in [2.24, 2.45) is 0 Å². The Morgan fingerprint density at radius 2 is 1.71 bits per heavy atom. The number of methoxy groups -OCH3 is 1. The van der Waals surface area contributed by atoms with Crippen molar-refractivity contribution in [3.63, 3.8) is 0 Å². The molecule has 0 aliphatic rings. The highest BCUT2D eigenvalue weighted by Gasteiger charge is 2.10. The largest absolute Gasteiger partial charge is 0.469 e. The van der Waals surface area contributed by atoms with Crippen LogP contribution in [0.15, 0.2) is 54.6 Å². The second-order valence-electron chi connectivity index (χ2n) is 5.98. The van der Waals surface area contributed by atoms with Gasteiger partial charge in [0.05, 0.1) is 13.5 Å². The molecule has 2 aromatic rings. The van der Waals surface area contributed by atoms with Gasteiger partial charge in [0, 0.05) is 12.1 Å². The zero-order valence-electron chi connectivity index (χ0n) is 14.5. The lowest BCUT2D eigenvalue weighted by Gasteiger charge is -2.20. The first kappa shape index (κ1) is 20.2. The Hall–Kier alpha value is -1.84. The number of benzene rings is 2. The molecule has 1 N–H and O–H groups in total. The number of rotatable bonds is 7. The third kappa shape index (κ3) is 6.34. The summed E-state index contributed by atoms with van der Waals surface area (Å²) in [5.74, 6) is -0.203. The van der Waals surface area contributed by atoms with Crippen LogP contribution in [-0.4, -0.2) is 19.1 Å². The van der Waals surface area contributed by atoms with Gasteiger partial charge in [0.1, 0.15) is 0 Å². The molecule has 4 heteroatoms. The number of esters is 1. The maximum atomic E-state index is 11.4. The maximum absolute atomic E-state index is 11.4. The molecule has 2 rings (SSSR count). The molecule has 3 nitrogen and oxygen atoms in total. The predicted molar refractivity (Wildman–Crippen MR) is 101 cm³/mol. The topological polar surface area (TPSA) is 38.3 Å². The summed E-state index contributed by atoms with van der Waals surface area (Å²) in [5, 5.41) is 3.62. The zero-order chi connectivity index (χ0) is 16.7. The Kier molecular flexibility index (Phi) is 8.51. The van der Waals surface area contributed by atoms with Gasteiger partial charge in [-0.05, 0) is 37.0 Å². The first-order valence-electron chi connectivity index (χ1n) is 8.04. The van der Waals surface area contributed by atoms with E-state index in [1.165, 1.54) is 18.2 Å². The Bertz CT molecular complexity index is 631. The van der Waals surface area contributed by atoms with Crippen molar-refractivity contribution in [1.82, 2.24) is 5.32 Å². The highest BCUT2D eigenvalue weighted by Crippen LogP contribution is 2.14. The summed E-state index contributed by atoms with van der Waals surface area (Å²) in [7, 11) is 1.42. The summed E-state index contributed by atoms with van der Waals surface area (Å²) >= 11 is 0. The van der Waals surface area contributed by atoms with Crippen LogP contribution in [0, 0.1) is 0 Å². The van der Waals surface area contributed by atoms with Gasteiger partial charge in [-0.1, -0.05) is 54.6 Å². The first-order chi connectivity index (χ1) is 11.1. The molecule has 0 radical (unpaired) electrons. The van der Waals surface area contributed by atoms with Crippen molar-refractivity contribution in [3.05, 3.63) is 71.3 Å². The molecule has 0 fully saturated rings. The van der Waals surface area contributed by atoms with Gasteiger partial charge in [0.2, 0.25) is 0 Å². The molecular formula is C20H26ClNO2. The number of hydrogen-bond acceptors (Lipinski definition) is 3. The van der Waals surface area contributed by atoms with Gasteiger partial charge in [-0.25, -0.2) is 0 Å². The monoisotopic (exact) mass is 347 g/mol. The van der Waals surface area contributed by atoms with Crippen LogP contribution in [0.5, 0.6) is 0 Å². The lowest BCUT2D eigenvalue weighted by molar-refractivity contribution is -0.139. The molecule has 0 aliphatic heterocycles. The van der Waals surface area contributed by atoms with Crippen LogP contribution in [0.25, 0.3) is 0 Å². The van der Waals surface area contributed by atoms with E-state index in [1.54, 1.807) is 0 Å². The van der Waals surface area contributed by atoms with E-state index < -0.39 is 0 Å². The molecule has 24 heavy (non-hydrogen) atoms. The van der Waals surface area contributed by atoms with Gasteiger partial charge < -0.3 is 10.1 Å². The van der Waals surface area contributed by atoms with Crippen molar-refractivity contribution in [2.75, 3.05) is 7.11 Å². The summed E-state index contributed by atoms with van der Waals surface area (Å²) in [5.41, 5.74) is 3.52. The number of halogens is 1. The molecule has 0 saturated heterocycles. The van der Waals surface area contributed by atoms with E-state index in [1.807, 2.05) is 18.2 Å². The fourth-order valence-electron chi connectivity index (χ4n) is 2.78. The average molecular weight is 348 g/mol. The first-order valence-corrected chi connectivity index (χ1v) is 8.04. The molecule has 0 saturated carbocycles. The van der Waals surface area contributed by atoms with Gasteiger partial charge in [-0.2, -0.15) is 0 Å². The number of ether oxygens (including phenoxy) is 1. The van der Waals surface area contributed by atoms with E-state index in [0.717, 1.165) is 12.0 Å². The summed E-state index contributed by atoms with van der Waals surface area (Å²) in [6, 6.07) is 19.3. The molecule has 0 unspecified atom stereocenters. The summed E-state index contributed by atoms with van der Waals surface area (Å²) in [6.07, 6.45) is 1.25. The van der Waals surface area contributed by atoms with Gasteiger partial charge in [0.15, 0.2) is 0 Å². The van der Waals surface area contributed by atoms with Crippen LogP contribution in [0.2, 0.25) is 0 Å². The predicted octanol–water partition coefficient (Wildman–Crippen LogP) is 4.11. The Labute approximate surface area is 150 Å². The van der Waals surface area contributed by atoms with Gasteiger partial charge in [-0.15, -0.1) is 12.4 Å². The lowest BCUT2D eigenvalue weighted by atomic mass is 10.0. The van der Waals surface area contributed by atoms with Crippen molar-refractivity contribution in [3.8, 4) is 0 Å². The van der Waals surface area contributed by atoms with Crippen LogP contribution < -0.4 is 5.32 Å². The fraction of sp³-hybridized carbons (Fsp3) is 0.350. The quantitative estimate of drug-likeness (QED) is 0.766. The second kappa shape index (κ2) is 10.1. The van der Waals surface area contributed by atoms with Gasteiger partial charge >= 0.3 is 5.97 Å². The molecule has 0 aliphatic carbocycles. The highest BCUT2D eigenvalue weighted by molar-refractivity contribution is 5.85. The molecule has 2 aromatic carbocycles. The highest BCUT2D eigenvalue weighted by atomic mass is 35.5. The van der Waals surface area contributed by atoms with Gasteiger partial charge in [-0.3, -0.25) is 4.79 Å². The SMILES string of the molecule is COC(=O)Cc1cccc(C[C@@H](C)N[C@H](C)c2ccccc2)c1.Cl. The van der Waals surface area contributed by atoms with E-state index in [2.05, 4.69) is 55.6 Å². The Morgan fingerprint density at radius 3 is 2.38 bits per heavy atom. The smallest absolute Gasteiger partial charge is 0.309 e. The van der Waals surface area contributed by atoms with E-state index in [4.69, 9.17) is 4.74 Å². The van der Waals surface area contributed by atoms with Crippen molar-refractivity contribution in [1.29, 1.82) is 0 Å². The number of hydrogen-bond donors (Lipinski definition) is 1. The Morgan fingerprint density at radius 1 is 1.04 bits per heavy atom. The van der Waals surface area contributed by atoms with E-state index in [0.29, 0.717) is 18.5 Å². The maximum Gasteiger partial charge on any atom is 0.309 e. The average Bonchev–Trinajstić information content (AvgIpc) is 2.55. The van der Waals surface area contributed by atoms with Crippen molar-refractivity contribution in [2.45, 2.75) is 38.8 Å². The number of carbonyl (C=O) groups is 1. The van der Waals surface area contributed by atoms with Crippen LogP contribution in [0.4, 0.5) is 0 Å². The molecule has 0 bridgehead atoms. The van der Waals surface area contributed by atoms with E-state index >= 15 is 0 Å². The molecule has 0 aromatic heterocycles. The summed E-state index contributed by atoms with van der Waals surface area (Å²) < 4.78 is 4.73. The molecule has 2 atom stereocenters. The molecule has 0 heterocycles. The van der Waals surface area contributed by atoms with Gasteiger partial charge in [0.25, 0.3) is 0 Å². The third-order valence-corrected chi connectivity index (χ3v) is 3.94. The Balaban J connectivity index is 0.00000288. The standard InChI is InChI=1S/C20H25NO2.ClH/c1-15(21-16(2)19-10-5-4-6-11-19)12-17-8-7-9-18(13-17)14-20(22)23-3;/h4-11,13,15-16,21H,12,14H2,1-3H3;1H/t15-,16-;/m1./s1. The van der Waals surface area contributed by atoms with Crippen LogP contribution >= 0.6 is 12.4 Å². The molecule has 130 valence electrons.